The van der Waals surface area contributed by atoms with E-state index in [0.717, 1.165) is 29.9 Å². The molecule has 6 nitrogen and oxygen atoms in total. The van der Waals surface area contributed by atoms with Crippen LogP contribution in [0, 0.1) is 0 Å². The number of H-pyrrole nitrogens is 1. The van der Waals surface area contributed by atoms with E-state index in [9.17, 15) is 9.59 Å². The van der Waals surface area contributed by atoms with Gasteiger partial charge >= 0.3 is 4.87 Å². The van der Waals surface area contributed by atoms with E-state index in [-0.39, 0.29) is 23.1 Å². The second-order valence-corrected chi connectivity index (χ2v) is 5.33. The van der Waals surface area contributed by atoms with E-state index in [1.807, 2.05) is 0 Å². The SMILES string of the molecule is CCC(CC)c1cc(C(=O)NCc2csc(=O)[nH]2)on1. The van der Waals surface area contributed by atoms with Gasteiger partial charge in [0.2, 0.25) is 5.76 Å². The Bertz CT molecular complexity index is 625. The third-order valence-corrected chi connectivity index (χ3v) is 3.88. The summed E-state index contributed by atoms with van der Waals surface area (Å²) in [5.41, 5.74) is 1.48. The van der Waals surface area contributed by atoms with Crippen molar-refractivity contribution in [2.75, 3.05) is 0 Å². The lowest BCUT2D eigenvalue weighted by atomic mass is 9.99. The summed E-state index contributed by atoms with van der Waals surface area (Å²) in [4.78, 5) is 25.4. The zero-order valence-electron chi connectivity index (χ0n) is 11.4. The van der Waals surface area contributed by atoms with Crippen LogP contribution in [0.3, 0.4) is 0 Å². The Hall–Kier alpha value is -1.89. The van der Waals surface area contributed by atoms with Crippen molar-refractivity contribution in [1.82, 2.24) is 15.5 Å². The maximum Gasteiger partial charge on any atom is 0.304 e. The van der Waals surface area contributed by atoms with Gasteiger partial charge in [-0.25, -0.2) is 0 Å². The van der Waals surface area contributed by atoms with Crippen LogP contribution in [0.1, 0.15) is 54.5 Å². The zero-order chi connectivity index (χ0) is 14.5. The van der Waals surface area contributed by atoms with Gasteiger partial charge < -0.3 is 14.8 Å². The zero-order valence-corrected chi connectivity index (χ0v) is 12.3. The first-order valence-corrected chi connectivity index (χ1v) is 7.43. The molecule has 0 aliphatic rings. The molecule has 0 aliphatic heterocycles. The molecular weight excluding hydrogens is 278 g/mol. The summed E-state index contributed by atoms with van der Waals surface area (Å²) in [6, 6.07) is 1.68. The Labute approximate surface area is 120 Å². The smallest absolute Gasteiger partial charge is 0.304 e. The average molecular weight is 295 g/mol. The molecule has 7 heteroatoms. The maximum atomic E-state index is 11.9. The largest absolute Gasteiger partial charge is 0.351 e. The van der Waals surface area contributed by atoms with Gasteiger partial charge in [0.1, 0.15) is 0 Å². The van der Waals surface area contributed by atoms with Crippen LogP contribution in [0.5, 0.6) is 0 Å². The Morgan fingerprint density at radius 1 is 1.50 bits per heavy atom. The second kappa shape index (κ2) is 6.51. The van der Waals surface area contributed by atoms with Crippen molar-refractivity contribution in [2.24, 2.45) is 0 Å². The Balaban J connectivity index is 1.97. The van der Waals surface area contributed by atoms with Crippen molar-refractivity contribution in [2.45, 2.75) is 39.2 Å². The van der Waals surface area contributed by atoms with E-state index < -0.39 is 0 Å². The van der Waals surface area contributed by atoms with Crippen molar-refractivity contribution in [3.63, 3.8) is 0 Å². The summed E-state index contributed by atoms with van der Waals surface area (Å²) in [7, 11) is 0. The van der Waals surface area contributed by atoms with Crippen LogP contribution in [0.25, 0.3) is 0 Å². The molecule has 0 aliphatic carbocycles. The number of nitrogens with one attached hydrogen (secondary N) is 2. The monoisotopic (exact) mass is 295 g/mol. The molecule has 0 radical (unpaired) electrons. The molecule has 2 aromatic rings. The first-order chi connectivity index (χ1) is 9.63. The molecule has 2 aromatic heterocycles. The fourth-order valence-corrected chi connectivity index (χ4v) is 2.54. The molecule has 1 amide bonds. The van der Waals surface area contributed by atoms with Gasteiger partial charge in [-0.1, -0.05) is 30.3 Å². The topological polar surface area (TPSA) is 88.0 Å². The van der Waals surface area contributed by atoms with E-state index >= 15 is 0 Å². The molecular formula is C13H17N3O3S. The van der Waals surface area contributed by atoms with E-state index in [1.165, 1.54) is 0 Å². The molecule has 2 heterocycles. The van der Waals surface area contributed by atoms with E-state index in [1.54, 1.807) is 11.4 Å². The summed E-state index contributed by atoms with van der Waals surface area (Å²) >= 11 is 1.07. The third kappa shape index (κ3) is 3.36. The van der Waals surface area contributed by atoms with Gasteiger partial charge in [-0.05, 0) is 12.8 Å². The molecule has 0 saturated heterocycles. The number of aromatic amines is 1. The van der Waals surface area contributed by atoms with Gasteiger partial charge in [0.15, 0.2) is 0 Å². The third-order valence-electron chi connectivity index (χ3n) is 3.17. The summed E-state index contributed by atoms with van der Waals surface area (Å²) in [6.45, 7) is 4.42. The predicted octanol–water partition coefficient (Wildman–Crippen LogP) is 2.26. The quantitative estimate of drug-likeness (QED) is 0.855. The molecule has 2 rings (SSSR count). The minimum absolute atomic E-state index is 0.134. The molecule has 20 heavy (non-hydrogen) atoms. The highest BCUT2D eigenvalue weighted by Gasteiger charge is 2.17. The summed E-state index contributed by atoms with van der Waals surface area (Å²) < 4.78 is 5.07. The number of thiazole rings is 1. The van der Waals surface area contributed by atoms with Crippen LogP contribution in [0.2, 0.25) is 0 Å². The van der Waals surface area contributed by atoms with Gasteiger partial charge in [-0.2, -0.15) is 0 Å². The number of amides is 1. The molecule has 0 spiro atoms. The fraction of sp³-hybridized carbons (Fsp3) is 0.462. The summed E-state index contributed by atoms with van der Waals surface area (Å²) in [5, 5.41) is 8.31. The van der Waals surface area contributed by atoms with E-state index in [0.29, 0.717) is 11.6 Å². The number of rotatable bonds is 6. The van der Waals surface area contributed by atoms with Crippen molar-refractivity contribution < 1.29 is 9.32 Å². The van der Waals surface area contributed by atoms with Crippen molar-refractivity contribution in [3.8, 4) is 0 Å². The fourth-order valence-electron chi connectivity index (χ4n) is 1.96. The number of hydrogen-bond acceptors (Lipinski definition) is 5. The Morgan fingerprint density at radius 2 is 2.25 bits per heavy atom. The molecule has 0 saturated carbocycles. The maximum absolute atomic E-state index is 11.9. The van der Waals surface area contributed by atoms with Crippen molar-refractivity contribution in [1.29, 1.82) is 0 Å². The Morgan fingerprint density at radius 3 is 2.85 bits per heavy atom. The van der Waals surface area contributed by atoms with E-state index in [4.69, 9.17) is 4.52 Å². The minimum Gasteiger partial charge on any atom is -0.351 e. The van der Waals surface area contributed by atoms with Crippen molar-refractivity contribution >= 4 is 17.2 Å². The van der Waals surface area contributed by atoms with Crippen LogP contribution in [-0.4, -0.2) is 16.0 Å². The highest BCUT2D eigenvalue weighted by molar-refractivity contribution is 7.07. The average Bonchev–Trinajstić information content (AvgIpc) is 3.07. The minimum atomic E-state index is -0.332. The molecule has 0 aromatic carbocycles. The van der Waals surface area contributed by atoms with Crippen LogP contribution in [0.15, 0.2) is 20.8 Å². The summed E-state index contributed by atoms with van der Waals surface area (Å²) in [5.74, 6) is 0.180. The van der Waals surface area contributed by atoms with Crippen LogP contribution < -0.4 is 10.2 Å². The van der Waals surface area contributed by atoms with Crippen LogP contribution in [-0.2, 0) is 6.54 Å². The van der Waals surface area contributed by atoms with Gasteiger partial charge in [-0.3, -0.25) is 9.59 Å². The highest BCUT2D eigenvalue weighted by atomic mass is 32.1. The summed E-state index contributed by atoms with van der Waals surface area (Å²) in [6.07, 6.45) is 1.92. The lowest BCUT2D eigenvalue weighted by molar-refractivity contribution is 0.0913. The molecule has 0 fully saturated rings. The lowest BCUT2D eigenvalue weighted by Crippen LogP contribution is -2.22. The number of carbonyl (C=O) groups is 1. The van der Waals surface area contributed by atoms with Crippen molar-refractivity contribution in [3.05, 3.63) is 38.3 Å². The molecule has 2 N–H and O–H groups in total. The first-order valence-electron chi connectivity index (χ1n) is 6.55. The number of carbonyl (C=O) groups excluding carboxylic acids is 1. The first kappa shape index (κ1) is 14.5. The molecule has 0 atom stereocenters. The molecule has 0 unspecified atom stereocenters. The Kier molecular flexibility index (Phi) is 4.73. The van der Waals surface area contributed by atoms with Crippen LogP contribution >= 0.6 is 11.3 Å². The molecule has 108 valence electrons. The second-order valence-electron chi connectivity index (χ2n) is 4.49. The van der Waals surface area contributed by atoms with Gasteiger partial charge in [-0.15, -0.1) is 0 Å². The highest BCUT2D eigenvalue weighted by Crippen LogP contribution is 2.22. The van der Waals surface area contributed by atoms with Gasteiger partial charge in [0.05, 0.1) is 12.2 Å². The normalized spacial score (nSPS) is 10.9. The number of hydrogen-bond donors (Lipinski definition) is 2. The van der Waals surface area contributed by atoms with Crippen LogP contribution in [0.4, 0.5) is 0 Å². The molecule has 0 bridgehead atoms. The standard InChI is InChI=1S/C13H17N3O3S/c1-3-8(4-2)10-5-11(19-16-10)12(17)14-6-9-7-20-13(18)15-9/h5,7-8H,3-4,6H2,1-2H3,(H,14,17)(H,15,18). The van der Waals surface area contributed by atoms with E-state index in [2.05, 4.69) is 29.3 Å². The van der Waals surface area contributed by atoms with Gasteiger partial charge in [0, 0.05) is 23.1 Å². The predicted molar refractivity (Wildman–Crippen MR) is 75.9 cm³/mol. The number of nitrogens with zero attached hydrogens (tertiary/aromatic N) is 1. The lowest BCUT2D eigenvalue weighted by Gasteiger charge is -2.05. The number of aromatic nitrogens is 2. The van der Waals surface area contributed by atoms with Gasteiger partial charge in [0.25, 0.3) is 5.91 Å².